The first-order chi connectivity index (χ1) is 14.2. The van der Waals surface area contributed by atoms with Crippen molar-refractivity contribution in [2.45, 2.75) is 31.7 Å². The first kappa shape index (κ1) is 20.5. The van der Waals surface area contributed by atoms with E-state index in [1.54, 1.807) is 11.3 Å². The number of hydrogen-bond acceptors (Lipinski definition) is 4. The largest absolute Gasteiger partial charge is 0.493 e. The van der Waals surface area contributed by atoms with Gasteiger partial charge >= 0.3 is 0 Å². The molecule has 0 aliphatic carbocycles. The third-order valence-corrected chi connectivity index (χ3v) is 7.04. The number of rotatable bonds is 7. The molecule has 4 nitrogen and oxygen atoms in total. The van der Waals surface area contributed by atoms with Gasteiger partial charge in [0.15, 0.2) is 0 Å². The Balaban J connectivity index is 1.52. The number of benzene rings is 1. The minimum absolute atomic E-state index is 0.0471. The second-order valence-electron chi connectivity index (χ2n) is 7.69. The Bertz CT molecular complexity index is 876. The quantitative estimate of drug-likeness (QED) is 0.461. The van der Waals surface area contributed by atoms with Gasteiger partial charge in [-0.05, 0) is 56.1 Å². The number of fused-ring (bicyclic) bond motifs is 1. The number of likely N-dealkylation sites (tertiary alicyclic amines) is 1. The van der Waals surface area contributed by atoms with E-state index in [0.29, 0.717) is 19.7 Å². The third kappa shape index (κ3) is 4.68. The summed E-state index contributed by atoms with van der Waals surface area (Å²) < 4.78 is 6.98. The van der Waals surface area contributed by atoms with Crippen LogP contribution in [0.3, 0.4) is 0 Å². The zero-order chi connectivity index (χ0) is 20.2. The molecule has 1 saturated heterocycles. The summed E-state index contributed by atoms with van der Waals surface area (Å²) in [6.45, 7) is 9.08. The number of para-hydroxylation sites is 1. The molecule has 2 aliphatic heterocycles. The number of halogens is 1. The van der Waals surface area contributed by atoms with Crippen LogP contribution in [0.1, 0.15) is 41.2 Å². The molecule has 0 unspecified atom stereocenters. The Labute approximate surface area is 181 Å². The molecular formula is C23H27ClN2O2S. The summed E-state index contributed by atoms with van der Waals surface area (Å²) in [5, 5.41) is 0. The summed E-state index contributed by atoms with van der Waals surface area (Å²) in [4.78, 5) is 17.8. The van der Waals surface area contributed by atoms with Gasteiger partial charge in [-0.1, -0.05) is 36.4 Å². The Morgan fingerprint density at radius 2 is 2.07 bits per heavy atom. The number of amides is 1. The topological polar surface area (TPSA) is 32.8 Å². The Kier molecular flexibility index (Phi) is 6.58. The minimum atomic E-state index is -0.0471. The fourth-order valence-electron chi connectivity index (χ4n) is 4.32. The van der Waals surface area contributed by atoms with Gasteiger partial charge in [0.05, 0.1) is 17.5 Å². The lowest BCUT2D eigenvalue weighted by Crippen LogP contribution is -2.37. The third-order valence-electron chi connectivity index (χ3n) is 5.78. The Hall–Kier alpha value is -1.82. The number of nitrogens with zero attached hydrogens (tertiary/aromatic N) is 2. The maximum atomic E-state index is 12.3. The van der Waals surface area contributed by atoms with Gasteiger partial charge in [-0.3, -0.25) is 4.79 Å². The number of hydrogen-bond donors (Lipinski definition) is 0. The maximum absolute atomic E-state index is 12.3. The van der Waals surface area contributed by atoms with Gasteiger partial charge in [-0.15, -0.1) is 11.3 Å². The monoisotopic (exact) mass is 430 g/mol. The predicted octanol–water partition coefficient (Wildman–Crippen LogP) is 4.93. The van der Waals surface area contributed by atoms with Crippen molar-refractivity contribution in [2.75, 3.05) is 32.8 Å². The molecule has 29 heavy (non-hydrogen) atoms. The smallest absolute Gasteiger partial charge is 0.246 e. The van der Waals surface area contributed by atoms with Crippen LogP contribution in [-0.2, 0) is 11.3 Å². The highest BCUT2D eigenvalue weighted by Gasteiger charge is 2.31. The van der Waals surface area contributed by atoms with Crippen LogP contribution in [-0.4, -0.2) is 48.5 Å². The molecule has 6 heteroatoms. The van der Waals surface area contributed by atoms with Gasteiger partial charge < -0.3 is 14.5 Å². The number of thiophene rings is 1. The van der Waals surface area contributed by atoms with E-state index in [2.05, 4.69) is 17.5 Å². The van der Waals surface area contributed by atoms with Crippen molar-refractivity contribution in [3.63, 3.8) is 0 Å². The van der Waals surface area contributed by atoms with Crippen molar-refractivity contribution in [1.82, 2.24) is 9.80 Å². The summed E-state index contributed by atoms with van der Waals surface area (Å²) in [6, 6.07) is 10.2. The van der Waals surface area contributed by atoms with Crippen molar-refractivity contribution in [3.05, 3.63) is 63.3 Å². The second-order valence-corrected chi connectivity index (χ2v) is 9.46. The van der Waals surface area contributed by atoms with Crippen LogP contribution in [0.15, 0.2) is 43.0 Å². The lowest BCUT2D eigenvalue weighted by atomic mass is 9.88. The highest BCUT2D eigenvalue weighted by Crippen LogP contribution is 2.42. The zero-order valence-corrected chi connectivity index (χ0v) is 18.2. The molecule has 1 fully saturated rings. The van der Waals surface area contributed by atoms with Gasteiger partial charge in [-0.2, -0.15) is 0 Å². The number of carbonyl (C=O) groups is 1. The van der Waals surface area contributed by atoms with Crippen molar-refractivity contribution < 1.29 is 9.53 Å². The normalized spacial score (nSPS) is 19.2. The molecule has 1 amide bonds. The molecule has 1 aromatic heterocycles. The van der Waals surface area contributed by atoms with Gasteiger partial charge in [0.1, 0.15) is 5.75 Å². The van der Waals surface area contributed by atoms with Crippen LogP contribution in [0, 0.1) is 0 Å². The lowest BCUT2D eigenvalue weighted by molar-refractivity contribution is -0.127. The van der Waals surface area contributed by atoms with Crippen LogP contribution in [0.4, 0.5) is 0 Å². The van der Waals surface area contributed by atoms with Crippen LogP contribution in [0.25, 0.3) is 0 Å². The summed E-state index contributed by atoms with van der Waals surface area (Å²) in [5.41, 5.74) is 2.33. The van der Waals surface area contributed by atoms with Gasteiger partial charge in [0.25, 0.3) is 0 Å². The molecule has 2 aromatic rings. The minimum Gasteiger partial charge on any atom is -0.493 e. The maximum Gasteiger partial charge on any atom is 0.246 e. The molecule has 0 bridgehead atoms. The Morgan fingerprint density at radius 3 is 2.86 bits per heavy atom. The van der Waals surface area contributed by atoms with Crippen molar-refractivity contribution >= 4 is 28.8 Å². The molecule has 4 rings (SSSR count). The van der Waals surface area contributed by atoms with Crippen molar-refractivity contribution in [1.29, 1.82) is 0 Å². The van der Waals surface area contributed by atoms with Crippen LogP contribution in [0.5, 0.6) is 5.75 Å². The molecule has 3 heterocycles. The zero-order valence-electron chi connectivity index (χ0n) is 16.6. The first-order valence-corrected chi connectivity index (χ1v) is 11.5. The number of carbonyl (C=O) groups excluding carboxylic acids is 1. The number of ether oxygens (including phenoxy) is 1. The average molecular weight is 431 g/mol. The summed E-state index contributed by atoms with van der Waals surface area (Å²) >= 11 is 7.88. The fraction of sp³-hybridized carbons (Fsp3) is 0.435. The van der Waals surface area contributed by atoms with E-state index in [9.17, 15) is 4.79 Å². The average Bonchev–Trinajstić information content (AvgIpc) is 3.38. The SMILES string of the molecule is C=CC(=O)N1Cc2sc(Cl)cc2[C@@H](c2ccccc2OCCCN2CCCC2)C1. The molecule has 0 N–H and O–H groups in total. The van der Waals surface area contributed by atoms with E-state index in [4.69, 9.17) is 16.3 Å². The van der Waals surface area contributed by atoms with Crippen LogP contribution in [0.2, 0.25) is 4.34 Å². The van der Waals surface area contributed by atoms with E-state index < -0.39 is 0 Å². The highest BCUT2D eigenvalue weighted by molar-refractivity contribution is 7.16. The predicted molar refractivity (Wildman–Crippen MR) is 119 cm³/mol. The van der Waals surface area contributed by atoms with Crippen molar-refractivity contribution in [2.24, 2.45) is 0 Å². The molecular weight excluding hydrogens is 404 g/mol. The standard InChI is InChI=1S/C23H27ClN2O2S/c1-2-23(27)26-15-19(18-14-22(24)29-21(18)16-26)17-8-3-4-9-20(17)28-13-7-12-25-10-5-6-11-25/h2-4,8-9,14,19H,1,5-7,10-13,15-16H2/t19-/m1/s1. The van der Waals surface area contributed by atoms with Crippen molar-refractivity contribution in [3.8, 4) is 5.75 Å². The molecule has 2 aliphatic rings. The first-order valence-electron chi connectivity index (χ1n) is 10.3. The Morgan fingerprint density at radius 1 is 1.28 bits per heavy atom. The molecule has 0 spiro atoms. The summed E-state index contributed by atoms with van der Waals surface area (Å²) in [5.74, 6) is 0.912. The van der Waals surface area contributed by atoms with Crippen LogP contribution < -0.4 is 4.74 Å². The van der Waals surface area contributed by atoms with Gasteiger partial charge in [0, 0.05) is 29.4 Å². The molecule has 0 saturated carbocycles. The van der Waals surface area contributed by atoms with Gasteiger partial charge in [0.2, 0.25) is 5.91 Å². The fourth-order valence-corrected chi connectivity index (χ4v) is 5.68. The van der Waals surface area contributed by atoms with E-state index in [0.717, 1.165) is 33.5 Å². The molecule has 154 valence electrons. The summed E-state index contributed by atoms with van der Waals surface area (Å²) in [7, 11) is 0. The van der Waals surface area contributed by atoms with E-state index in [1.165, 1.54) is 37.6 Å². The van der Waals surface area contributed by atoms with Crippen LogP contribution >= 0.6 is 22.9 Å². The second kappa shape index (κ2) is 9.33. The molecule has 1 atom stereocenters. The van der Waals surface area contributed by atoms with Gasteiger partial charge in [-0.25, -0.2) is 0 Å². The van der Waals surface area contributed by atoms with E-state index in [-0.39, 0.29) is 11.8 Å². The molecule has 0 radical (unpaired) electrons. The summed E-state index contributed by atoms with van der Waals surface area (Å²) in [6.07, 6.45) is 5.04. The van der Waals surface area contributed by atoms with E-state index in [1.807, 2.05) is 29.2 Å². The highest BCUT2D eigenvalue weighted by atomic mass is 35.5. The molecule has 1 aromatic carbocycles. The van der Waals surface area contributed by atoms with E-state index >= 15 is 0 Å². The lowest BCUT2D eigenvalue weighted by Gasteiger charge is -2.33.